The molecule has 0 unspecified atom stereocenters. The van der Waals surface area contributed by atoms with E-state index >= 15 is 0 Å². The summed E-state index contributed by atoms with van der Waals surface area (Å²) >= 11 is 0. The molecule has 0 atom stereocenters. The summed E-state index contributed by atoms with van der Waals surface area (Å²) in [4.78, 5) is 43.8. The average molecular weight is 605 g/mol. The van der Waals surface area contributed by atoms with Crippen molar-refractivity contribution in [3.8, 4) is 34.1 Å². The quantitative estimate of drug-likeness (QED) is 0.245. The first-order valence-electron chi connectivity index (χ1n) is 14.6. The van der Waals surface area contributed by atoms with Gasteiger partial charge in [-0.25, -0.2) is 19.3 Å². The number of pyridine rings is 3. The van der Waals surface area contributed by atoms with Gasteiger partial charge in [-0.1, -0.05) is 12.1 Å². The Kier molecular flexibility index (Phi) is 7.26. The van der Waals surface area contributed by atoms with E-state index in [1.165, 1.54) is 19.4 Å². The van der Waals surface area contributed by atoms with Gasteiger partial charge in [0.05, 0.1) is 30.1 Å². The van der Waals surface area contributed by atoms with Gasteiger partial charge >= 0.3 is 0 Å². The summed E-state index contributed by atoms with van der Waals surface area (Å²) in [6, 6.07) is 17.0. The van der Waals surface area contributed by atoms with Gasteiger partial charge in [0, 0.05) is 49.3 Å². The van der Waals surface area contributed by atoms with Crippen LogP contribution in [0.15, 0.2) is 82.8 Å². The third-order valence-corrected chi connectivity index (χ3v) is 8.22. The summed E-state index contributed by atoms with van der Waals surface area (Å²) in [7, 11) is 1.40. The number of rotatable bonds is 8. The summed E-state index contributed by atoms with van der Waals surface area (Å²) in [6.45, 7) is 2.46. The number of fused-ring (bicyclic) bond motifs is 1. The largest absolute Gasteiger partial charge is 0.491 e. The van der Waals surface area contributed by atoms with Crippen LogP contribution in [0.3, 0.4) is 0 Å². The molecule has 3 N–H and O–H groups in total. The second-order valence-corrected chi connectivity index (χ2v) is 11.1. The maximum Gasteiger partial charge on any atom is 0.271 e. The number of aromatic nitrogens is 5. The molecule has 4 aromatic heterocycles. The Morgan fingerprint density at radius 3 is 2.51 bits per heavy atom. The topological polar surface area (TPSA) is 141 Å². The first kappa shape index (κ1) is 28.3. The third kappa shape index (κ3) is 5.29. The summed E-state index contributed by atoms with van der Waals surface area (Å²) in [5.74, 6) is 0.677. The predicted octanol–water partition coefficient (Wildman–Crippen LogP) is 3.95. The molecule has 1 saturated heterocycles. The molecule has 1 aliphatic heterocycles. The van der Waals surface area contributed by atoms with Crippen molar-refractivity contribution in [3.05, 3.63) is 105 Å². The van der Waals surface area contributed by atoms with E-state index < -0.39 is 16.7 Å². The molecule has 226 valence electrons. The average Bonchev–Trinajstić information content (AvgIpc) is 3.44. The molecule has 0 radical (unpaired) electrons. The second kappa shape index (κ2) is 11.5. The standard InChI is InChI=1S/C33H29FN8O3/c1-45-30-27(28(43)29(30)44)39-22-10-13-41(14-11-22)18-19-4-7-23(8-5-19)42-26-15-20(25-9-6-21(34)17-37-25)16-38-32(26)40-33(42)24-3-2-12-36-31(24)35/h2-9,12,15-17,22,39H,10-11,13-14,18H2,1H3,(H2,35,36). The Morgan fingerprint density at radius 1 is 1.00 bits per heavy atom. The second-order valence-electron chi connectivity index (χ2n) is 11.1. The monoisotopic (exact) mass is 604 g/mol. The number of nitrogens with one attached hydrogen (secondary N) is 1. The van der Waals surface area contributed by atoms with Crippen molar-refractivity contribution in [2.45, 2.75) is 25.4 Å². The molecule has 0 saturated carbocycles. The number of nitrogens with two attached hydrogens (primary N) is 1. The third-order valence-electron chi connectivity index (χ3n) is 8.22. The smallest absolute Gasteiger partial charge is 0.271 e. The number of anilines is 2. The van der Waals surface area contributed by atoms with Crippen LogP contribution in [-0.2, 0) is 6.54 Å². The van der Waals surface area contributed by atoms with Crippen LogP contribution < -0.4 is 26.6 Å². The van der Waals surface area contributed by atoms with E-state index in [-0.39, 0.29) is 11.8 Å². The number of likely N-dealkylation sites (tertiary alicyclic amines) is 1. The molecular formula is C33H29FN8O3. The summed E-state index contributed by atoms with van der Waals surface area (Å²) in [5.41, 5.74) is 10.8. The lowest BCUT2D eigenvalue weighted by Gasteiger charge is -2.33. The van der Waals surface area contributed by atoms with Crippen LogP contribution in [0.1, 0.15) is 18.4 Å². The van der Waals surface area contributed by atoms with E-state index in [0.717, 1.165) is 54.8 Å². The molecule has 1 fully saturated rings. The van der Waals surface area contributed by atoms with Gasteiger partial charge in [0.15, 0.2) is 17.2 Å². The molecule has 45 heavy (non-hydrogen) atoms. The Hall–Kier alpha value is -5.49. The lowest BCUT2D eigenvalue weighted by atomic mass is 10.0. The van der Waals surface area contributed by atoms with Gasteiger partial charge in [0.25, 0.3) is 10.9 Å². The van der Waals surface area contributed by atoms with Crippen LogP contribution in [0, 0.1) is 5.82 Å². The number of nitrogens with zero attached hydrogens (tertiary/aromatic N) is 6. The molecule has 5 heterocycles. The molecule has 2 aromatic carbocycles. The van der Waals surface area contributed by atoms with Crippen LogP contribution in [-0.4, -0.2) is 55.6 Å². The Morgan fingerprint density at radius 2 is 1.80 bits per heavy atom. The molecule has 0 aliphatic carbocycles. The zero-order valence-corrected chi connectivity index (χ0v) is 24.4. The number of benzene rings is 1. The van der Waals surface area contributed by atoms with Crippen LogP contribution in [0.5, 0.6) is 5.75 Å². The minimum atomic E-state index is -0.567. The Bertz CT molecular complexity index is 2080. The van der Waals surface area contributed by atoms with Gasteiger partial charge in [-0.15, -0.1) is 0 Å². The molecule has 0 amide bonds. The van der Waals surface area contributed by atoms with Crippen molar-refractivity contribution in [2.75, 3.05) is 31.2 Å². The van der Waals surface area contributed by atoms with Crippen molar-refractivity contribution >= 4 is 22.7 Å². The fourth-order valence-electron chi connectivity index (χ4n) is 5.84. The van der Waals surface area contributed by atoms with Crippen molar-refractivity contribution in [2.24, 2.45) is 0 Å². The number of hydrogen-bond donors (Lipinski definition) is 2. The first-order chi connectivity index (χ1) is 21.9. The van der Waals surface area contributed by atoms with E-state index in [1.807, 2.05) is 34.9 Å². The predicted molar refractivity (Wildman–Crippen MR) is 170 cm³/mol. The molecule has 12 heteroatoms. The van der Waals surface area contributed by atoms with Gasteiger partial charge in [-0.3, -0.25) is 24.0 Å². The minimum Gasteiger partial charge on any atom is -0.491 e. The molecule has 0 spiro atoms. The summed E-state index contributed by atoms with van der Waals surface area (Å²) in [5, 5.41) is 3.21. The van der Waals surface area contributed by atoms with Crippen LogP contribution in [0.25, 0.3) is 39.5 Å². The van der Waals surface area contributed by atoms with E-state index in [9.17, 15) is 14.0 Å². The van der Waals surface area contributed by atoms with Gasteiger partial charge in [0.1, 0.15) is 17.3 Å². The molecule has 11 nitrogen and oxygen atoms in total. The highest BCUT2D eigenvalue weighted by atomic mass is 19.1. The number of nitrogen functional groups attached to an aromatic ring is 1. The number of halogens is 1. The zero-order valence-electron chi connectivity index (χ0n) is 24.4. The van der Waals surface area contributed by atoms with E-state index in [2.05, 4.69) is 37.3 Å². The van der Waals surface area contributed by atoms with Crippen LogP contribution >= 0.6 is 0 Å². The highest BCUT2D eigenvalue weighted by Gasteiger charge is 2.26. The van der Waals surface area contributed by atoms with Crippen molar-refractivity contribution in [3.63, 3.8) is 0 Å². The van der Waals surface area contributed by atoms with Crippen molar-refractivity contribution < 1.29 is 9.13 Å². The highest BCUT2D eigenvalue weighted by Crippen LogP contribution is 2.32. The minimum absolute atomic E-state index is 0.109. The normalized spacial score (nSPS) is 14.3. The molecule has 0 bridgehead atoms. The van der Waals surface area contributed by atoms with Gasteiger partial charge in [-0.05, 0) is 60.9 Å². The zero-order chi connectivity index (χ0) is 31.1. The van der Waals surface area contributed by atoms with E-state index in [1.54, 1.807) is 18.5 Å². The first-order valence-corrected chi connectivity index (χ1v) is 14.6. The SMILES string of the molecule is COc1c(NC2CCN(Cc3ccc(-n4c(-c5cccnc5N)nc5ncc(-c6ccc(F)cn6)cc54)cc3)CC2)c(=O)c1=O. The van der Waals surface area contributed by atoms with Crippen LogP contribution in [0.2, 0.25) is 0 Å². The maximum absolute atomic E-state index is 13.5. The molecule has 1 aliphatic rings. The number of hydrogen-bond acceptors (Lipinski definition) is 10. The lowest BCUT2D eigenvalue weighted by molar-refractivity contribution is 0.211. The van der Waals surface area contributed by atoms with Gasteiger partial charge in [-0.2, -0.15) is 0 Å². The highest BCUT2D eigenvalue weighted by molar-refractivity contribution is 5.85. The Labute approximate surface area is 256 Å². The molecular weight excluding hydrogens is 575 g/mol. The number of ether oxygens (including phenoxy) is 1. The van der Waals surface area contributed by atoms with Crippen molar-refractivity contribution in [1.82, 2.24) is 29.4 Å². The summed E-state index contributed by atoms with van der Waals surface area (Å²) in [6.07, 6.45) is 6.18. The van der Waals surface area contributed by atoms with Gasteiger partial charge < -0.3 is 15.8 Å². The summed E-state index contributed by atoms with van der Waals surface area (Å²) < 4.78 is 20.6. The Balaban J connectivity index is 1.14. The van der Waals surface area contributed by atoms with Gasteiger partial charge in [0.2, 0.25) is 0 Å². The molecule has 6 aromatic rings. The van der Waals surface area contributed by atoms with E-state index in [4.69, 9.17) is 15.5 Å². The lowest BCUT2D eigenvalue weighted by Crippen LogP contribution is -2.42. The number of piperidine rings is 1. The fourth-order valence-corrected chi connectivity index (χ4v) is 5.84. The fraction of sp³-hybridized carbons (Fsp3) is 0.212. The van der Waals surface area contributed by atoms with Crippen LogP contribution in [0.4, 0.5) is 15.9 Å². The molecule has 7 rings (SSSR count). The maximum atomic E-state index is 13.5. The van der Waals surface area contributed by atoms with Crippen molar-refractivity contribution in [1.29, 1.82) is 0 Å². The van der Waals surface area contributed by atoms with E-state index in [0.29, 0.717) is 34.2 Å². The number of imidazole rings is 1. The number of methoxy groups -OCH3 is 1.